The van der Waals surface area contributed by atoms with Crippen LogP contribution >= 0.6 is 0 Å². The van der Waals surface area contributed by atoms with Crippen LogP contribution in [0.2, 0.25) is 0 Å². The van der Waals surface area contributed by atoms with Gasteiger partial charge in [0, 0.05) is 0 Å². The summed E-state index contributed by atoms with van der Waals surface area (Å²) in [6.07, 6.45) is 21.6. The topological polar surface area (TPSA) is 20.2 Å². The summed E-state index contributed by atoms with van der Waals surface area (Å²) < 4.78 is 0. The minimum Gasteiger partial charge on any atom is -0.393 e. The smallest absolute Gasteiger partial charge is 0.0577 e. The number of hydrogen-bond acceptors (Lipinski definition) is 1. The molecule has 0 amide bonds. The van der Waals surface area contributed by atoms with Gasteiger partial charge in [-0.05, 0) is 98.2 Å². The zero-order valence-corrected chi connectivity index (χ0v) is 19.9. The van der Waals surface area contributed by atoms with Crippen LogP contribution in [0.4, 0.5) is 0 Å². The van der Waals surface area contributed by atoms with Crippen LogP contribution in [0, 0.1) is 40.4 Å². The van der Waals surface area contributed by atoms with E-state index in [-0.39, 0.29) is 6.10 Å². The highest BCUT2D eigenvalue weighted by atomic mass is 16.3. The van der Waals surface area contributed by atoms with E-state index in [9.17, 15) is 5.11 Å². The van der Waals surface area contributed by atoms with Gasteiger partial charge in [0.25, 0.3) is 0 Å². The van der Waals surface area contributed by atoms with Gasteiger partial charge in [-0.15, -0.1) is 0 Å². The number of aliphatic hydroxyl groups excluding tert-OH is 1. The molecule has 4 aliphatic carbocycles. The number of fused-ring (bicyclic) bond motifs is 5. The summed E-state index contributed by atoms with van der Waals surface area (Å²) in [6.45, 7) is 10.1. The van der Waals surface area contributed by atoms with E-state index in [1.54, 1.807) is 5.57 Å². The van der Waals surface area contributed by atoms with Gasteiger partial charge in [0.2, 0.25) is 0 Å². The van der Waals surface area contributed by atoms with Gasteiger partial charge in [-0.2, -0.15) is 0 Å². The van der Waals surface area contributed by atoms with Crippen LogP contribution in [0.15, 0.2) is 11.6 Å². The minimum absolute atomic E-state index is 0.0738. The summed E-state index contributed by atoms with van der Waals surface area (Å²) in [7, 11) is 0. The van der Waals surface area contributed by atoms with Crippen molar-refractivity contribution in [3.05, 3.63) is 11.6 Å². The van der Waals surface area contributed by atoms with Crippen molar-refractivity contribution in [1.29, 1.82) is 0 Å². The Kier molecular flexibility index (Phi) is 6.56. The number of unbranched alkanes of at least 4 members (excludes halogenated alkanes) is 1. The molecule has 29 heavy (non-hydrogen) atoms. The maximum atomic E-state index is 10.2. The fraction of sp³-hybridized carbons (Fsp3) is 0.929. The second-order valence-electron chi connectivity index (χ2n) is 12.2. The Balaban J connectivity index is 1.40. The van der Waals surface area contributed by atoms with Crippen molar-refractivity contribution in [1.82, 2.24) is 0 Å². The lowest BCUT2D eigenvalue weighted by Crippen LogP contribution is -2.50. The van der Waals surface area contributed by atoms with Crippen molar-refractivity contribution in [2.45, 2.75) is 124 Å². The predicted octanol–water partition coefficient (Wildman–Crippen LogP) is 7.92. The number of aliphatic hydroxyl groups is 1. The highest BCUT2D eigenvalue weighted by Crippen LogP contribution is 2.66. The highest BCUT2D eigenvalue weighted by Gasteiger charge is 2.58. The molecule has 1 N–H and O–H groups in total. The fourth-order valence-corrected chi connectivity index (χ4v) is 8.63. The first-order valence-electron chi connectivity index (χ1n) is 13.3. The molecule has 0 radical (unpaired) electrons. The first-order valence-corrected chi connectivity index (χ1v) is 13.3. The first kappa shape index (κ1) is 21.9. The normalized spacial score (nSPS) is 45.1. The summed E-state index contributed by atoms with van der Waals surface area (Å²) in [5.74, 6) is 4.69. The van der Waals surface area contributed by atoms with Crippen LogP contribution in [0.25, 0.3) is 0 Å². The van der Waals surface area contributed by atoms with Crippen molar-refractivity contribution < 1.29 is 5.11 Å². The van der Waals surface area contributed by atoms with Gasteiger partial charge in [-0.3, -0.25) is 0 Å². The average Bonchev–Trinajstić information content (AvgIpc) is 3.03. The maximum Gasteiger partial charge on any atom is 0.0577 e. The average molecular weight is 401 g/mol. The zero-order chi connectivity index (χ0) is 20.6. The van der Waals surface area contributed by atoms with E-state index in [0.717, 1.165) is 42.4 Å². The quantitative estimate of drug-likeness (QED) is 0.430. The second-order valence-corrected chi connectivity index (χ2v) is 12.2. The van der Waals surface area contributed by atoms with E-state index < -0.39 is 0 Å². The van der Waals surface area contributed by atoms with Gasteiger partial charge >= 0.3 is 0 Å². The van der Waals surface area contributed by atoms with E-state index in [1.165, 1.54) is 77.0 Å². The maximum absolute atomic E-state index is 10.2. The van der Waals surface area contributed by atoms with E-state index in [0.29, 0.717) is 10.8 Å². The molecule has 4 rings (SSSR count). The molecule has 8 atom stereocenters. The van der Waals surface area contributed by atoms with Gasteiger partial charge in [0.15, 0.2) is 0 Å². The highest BCUT2D eigenvalue weighted by molar-refractivity contribution is 5.25. The minimum atomic E-state index is -0.0738. The standard InChI is InChI=1S/C28H48O/c1-5-6-8-20(2)9-7-10-21-12-14-25-24-13-11-22-19-23(29)15-17-28(22,4)26(24)16-18-27(21,25)3/h11,20-21,23-26,29H,5-10,12-19H2,1-4H3/t20?,21?,23-,24?,25?,26?,27?,28?/m0/s1. The monoisotopic (exact) mass is 400 g/mol. The van der Waals surface area contributed by atoms with Crippen molar-refractivity contribution in [3.8, 4) is 0 Å². The van der Waals surface area contributed by atoms with Gasteiger partial charge in [0.1, 0.15) is 0 Å². The molecule has 4 aliphatic rings. The molecular weight excluding hydrogens is 352 g/mol. The fourth-order valence-electron chi connectivity index (χ4n) is 8.63. The van der Waals surface area contributed by atoms with Crippen LogP contribution in [0.1, 0.15) is 118 Å². The molecular formula is C28H48O. The number of hydrogen-bond donors (Lipinski definition) is 1. The lowest BCUT2D eigenvalue weighted by atomic mass is 9.47. The summed E-state index contributed by atoms with van der Waals surface area (Å²) in [5, 5.41) is 10.2. The third kappa shape index (κ3) is 3.99. The SMILES string of the molecule is CCCCC(C)CCCC1CCC2C3CC=C4C[C@@H](O)CCC4(C)C3CCC12C. The molecule has 0 heterocycles. The Labute approximate surface area is 181 Å². The van der Waals surface area contributed by atoms with E-state index in [2.05, 4.69) is 33.8 Å². The van der Waals surface area contributed by atoms with Crippen LogP contribution in [-0.2, 0) is 0 Å². The van der Waals surface area contributed by atoms with Crippen molar-refractivity contribution >= 4 is 0 Å². The first-order chi connectivity index (χ1) is 13.9. The van der Waals surface area contributed by atoms with Gasteiger partial charge in [0.05, 0.1) is 6.10 Å². The molecule has 0 bridgehead atoms. The van der Waals surface area contributed by atoms with E-state index in [1.807, 2.05) is 0 Å². The number of rotatable bonds is 7. The summed E-state index contributed by atoms with van der Waals surface area (Å²) in [5.41, 5.74) is 2.64. The predicted molar refractivity (Wildman–Crippen MR) is 124 cm³/mol. The lowest BCUT2D eigenvalue weighted by Gasteiger charge is -2.58. The lowest BCUT2D eigenvalue weighted by molar-refractivity contribution is -0.0509. The van der Waals surface area contributed by atoms with Gasteiger partial charge in [-0.25, -0.2) is 0 Å². The Morgan fingerprint density at radius 2 is 1.83 bits per heavy atom. The van der Waals surface area contributed by atoms with Crippen LogP contribution in [0.3, 0.4) is 0 Å². The van der Waals surface area contributed by atoms with Gasteiger partial charge in [-0.1, -0.05) is 71.4 Å². The molecule has 3 fully saturated rings. The Morgan fingerprint density at radius 3 is 2.62 bits per heavy atom. The third-order valence-electron chi connectivity index (χ3n) is 10.6. The summed E-state index contributed by atoms with van der Waals surface area (Å²) in [4.78, 5) is 0. The van der Waals surface area contributed by atoms with Gasteiger partial charge < -0.3 is 5.11 Å². The van der Waals surface area contributed by atoms with Crippen LogP contribution < -0.4 is 0 Å². The molecule has 0 aliphatic heterocycles. The zero-order valence-electron chi connectivity index (χ0n) is 19.9. The Hall–Kier alpha value is -0.300. The molecule has 0 spiro atoms. The van der Waals surface area contributed by atoms with E-state index in [4.69, 9.17) is 0 Å². The molecule has 0 aromatic rings. The molecule has 0 saturated heterocycles. The molecule has 1 heteroatoms. The molecule has 3 saturated carbocycles. The second kappa shape index (κ2) is 8.68. The Bertz CT molecular complexity index is 593. The molecule has 1 nitrogen and oxygen atoms in total. The Morgan fingerprint density at radius 1 is 1.03 bits per heavy atom. The van der Waals surface area contributed by atoms with Crippen molar-refractivity contribution in [3.63, 3.8) is 0 Å². The summed E-state index contributed by atoms with van der Waals surface area (Å²) >= 11 is 0. The summed E-state index contributed by atoms with van der Waals surface area (Å²) in [6, 6.07) is 0. The molecule has 166 valence electrons. The molecule has 0 aromatic carbocycles. The van der Waals surface area contributed by atoms with Crippen molar-refractivity contribution in [2.24, 2.45) is 40.4 Å². The molecule has 0 aromatic heterocycles. The van der Waals surface area contributed by atoms with E-state index >= 15 is 0 Å². The van der Waals surface area contributed by atoms with Crippen LogP contribution in [-0.4, -0.2) is 11.2 Å². The number of allylic oxidation sites excluding steroid dienone is 1. The molecule has 7 unspecified atom stereocenters. The van der Waals surface area contributed by atoms with Crippen molar-refractivity contribution in [2.75, 3.05) is 0 Å². The van der Waals surface area contributed by atoms with Crippen LogP contribution in [0.5, 0.6) is 0 Å². The third-order valence-corrected chi connectivity index (χ3v) is 10.6. The largest absolute Gasteiger partial charge is 0.393 e.